The summed E-state index contributed by atoms with van der Waals surface area (Å²) in [5, 5.41) is 0. The fraction of sp³-hybridized carbons (Fsp3) is 0.500. The van der Waals surface area contributed by atoms with Crippen LogP contribution in [0.1, 0.15) is 0 Å². The molecular formula is C12H17FN2O2S. The van der Waals surface area contributed by atoms with E-state index in [1.165, 1.54) is 12.1 Å². The minimum Gasteiger partial charge on any atom is -0.399 e. The topological polar surface area (TPSA) is 55.6 Å². The van der Waals surface area contributed by atoms with Gasteiger partial charge in [-0.3, -0.25) is 4.21 Å². The first-order chi connectivity index (χ1) is 8.56. The highest BCUT2D eigenvalue weighted by molar-refractivity contribution is 7.85. The number of nitrogen functional groups attached to an aromatic ring is 1. The van der Waals surface area contributed by atoms with Crippen LogP contribution in [0.25, 0.3) is 0 Å². The van der Waals surface area contributed by atoms with Gasteiger partial charge < -0.3 is 15.4 Å². The molecular weight excluding hydrogens is 255 g/mol. The second kappa shape index (κ2) is 5.77. The summed E-state index contributed by atoms with van der Waals surface area (Å²) in [4.78, 5) is 2.31. The number of likely N-dealkylation sites (N-methyl/N-ethyl adjacent to an activating group) is 1. The lowest BCUT2D eigenvalue weighted by atomic mass is 10.3. The summed E-state index contributed by atoms with van der Waals surface area (Å²) >= 11 is 0. The molecule has 0 aromatic heterocycles. The Morgan fingerprint density at radius 1 is 1.61 bits per heavy atom. The largest absolute Gasteiger partial charge is 0.399 e. The van der Waals surface area contributed by atoms with Gasteiger partial charge in [0.25, 0.3) is 0 Å². The Bertz CT molecular complexity index is 456. The lowest BCUT2D eigenvalue weighted by Crippen LogP contribution is -2.42. The van der Waals surface area contributed by atoms with Crippen molar-refractivity contribution in [1.82, 2.24) is 4.90 Å². The first-order valence-electron chi connectivity index (χ1n) is 5.80. The van der Waals surface area contributed by atoms with Gasteiger partial charge in [0.1, 0.15) is 5.82 Å². The first kappa shape index (κ1) is 13.5. The third kappa shape index (κ3) is 3.28. The molecule has 2 atom stereocenters. The summed E-state index contributed by atoms with van der Waals surface area (Å²) in [5.41, 5.74) is 5.79. The summed E-state index contributed by atoms with van der Waals surface area (Å²) in [6.07, 6.45) is -0.110. The molecule has 1 aromatic carbocycles. The van der Waals surface area contributed by atoms with Crippen LogP contribution in [0.2, 0.25) is 0 Å². The summed E-state index contributed by atoms with van der Waals surface area (Å²) in [6, 6.07) is 4.23. The van der Waals surface area contributed by atoms with E-state index in [4.69, 9.17) is 10.5 Å². The van der Waals surface area contributed by atoms with Crippen molar-refractivity contribution in [3.05, 3.63) is 24.0 Å². The van der Waals surface area contributed by atoms with Crippen molar-refractivity contribution in [3.63, 3.8) is 0 Å². The number of hydrogen-bond acceptors (Lipinski definition) is 4. The Morgan fingerprint density at radius 3 is 3.06 bits per heavy atom. The second-order valence-electron chi connectivity index (χ2n) is 4.46. The van der Waals surface area contributed by atoms with Crippen molar-refractivity contribution in [3.8, 4) is 0 Å². The van der Waals surface area contributed by atoms with Gasteiger partial charge >= 0.3 is 0 Å². The van der Waals surface area contributed by atoms with Gasteiger partial charge in [-0.15, -0.1) is 0 Å². The molecule has 1 heterocycles. The highest BCUT2D eigenvalue weighted by Crippen LogP contribution is 2.17. The molecule has 1 aliphatic rings. The normalized spacial score (nSPS) is 22.9. The molecule has 4 nitrogen and oxygen atoms in total. The number of ether oxygens (including phenoxy) is 1. The fourth-order valence-electron chi connectivity index (χ4n) is 1.93. The number of anilines is 1. The molecule has 0 amide bonds. The molecule has 1 fully saturated rings. The minimum atomic E-state index is -1.40. The molecule has 100 valence electrons. The van der Waals surface area contributed by atoms with E-state index in [9.17, 15) is 8.60 Å². The highest BCUT2D eigenvalue weighted by Gasteiger charge is 2.22. The Kier molecular flexibility index (Phi) is 4.31. The summed E-state index contributed by atoms with van der Waals surface area (Å²) in [7, 11) is 0.590. The van der Waals surface area contributed by atoms with Gasteiger partial charge in [-0.2, -0.15) is 0 Å². The zero-order valence-corrected chi connectivity index (χ0v) is 11.1. The predicted molar refractivity (Wildman–Crippen MR) is 69.3 cm³/mol. The maximum Gasteiger partial charge on any atom is 0.141 e. The molecule has 2 unspecified atom stereocenters. The van der Waals surface area contributed by atoms with E-state index < -0.39 is 16.6 Å². The zero-order chi connectivity index (χ0) is 13.1. The van der Waals surface area contributed by atoms with Crippen molar-refractivity contribution < 1.29 is 13.3 Å². The van der Waals surface area contributed by atoms with Crippen LogP contribution < -0.4 is 5.73 Å². The zero-order valence-electron chi connectivity index (χ0n) is 10.3. The number of hydrogen-bond donors (Lipinski definition) is 1. The van der Waals surface area contributed by atoms with Gasteiger partial charge in [0.15, 0.2) is 0 Å². The van der Waals surface area contributed by atoms with E-state index in [2.05, 4.69) is 4.90 Å². The van der Waals surface area contributed by atoms with Gasteiger partial charge in [0, 0.05) is 18.8 Å². The quantitative estimate of drug-likeness (QED) is 0.829. The van der Waals surface area contributed by atoms with Crippen LogP contribution in [0, 0.1) is 5.82 Å². The van der Waals surface area contributed by atoms with Crippen LogP contribution in [0.3, 0.4) is 0 Å². The van der Waals surface area contributed by atoms with Gasteiger partial charge in [-0.25, -0.2) is 4.39 Å². The monoisotopic (exact) mass is 272 g/mol. The van der Waals surface area contributed by atoms with Crippen LogP contribution in [-0.2, 0) is 15.5 Å². The second-order valence-corrected chi connectivity index (χ2v) is 5.92. The van der Waals surface area contributed by atoms with Gasteiger partial charge in [0.05, 0.1) is 34.2 Å². The molecule has 2 N–H and O–H groups in total. The van der Waals surface area contributed by atoms with Crippen molar-refractivity contribution in [2.45, 2.75) is 11.0 Å². The number of nitrogens with two attached hydrogens (primary N) is 1. The van der Waals surface area contributed by atoms with Crippen LogP contribution in [0.5, 0.6) is 0 Å². The van der Waals surface area contributed by atoms with E-state index in [-0.39, 0.29) is 11.0 Å². The lowest BCUT2D eigenvalue weighted by Gasteiger charge is -2.29. The average molecular weight is 272 g/mol. The molecule has 1 aliphatic heterocycles. The number of benzene rings is 1. The number of rotatable bonds is 3. The van der Waals surface area contributed by atoms with Gasteiger partial charge in [0.2, 0.25) is 0 Å². The third-order valence-corrected chi connectivity index (χ3v) is 4.38. The molecule has 0 radical (unpaired) electrons. The summed E-state index contributed by atoms with van der Waals surface area (Å²) in [6.45, 7) is 2.23. The molecule has 1 aromatic rings. The third-order valence-electron chi connectivity index (χ3n) is 2.88. The Labute approximate surface area is 108 Å². The summed E-state index contributed by atoms with van der Waals surface area (Å²) < 4.78 is 31.2. The van der Waals surface area contributed by atoms with Crippen LogP contribution >= 0.6 is 0 Å². The van der Waals surface area contributed by atoms with E-state index in [0.717, 1.165) is 13.1 Å². The molecule has 0 bridgehead atoms. The molecule has 0 aliphatic carbocycles. The minimum absolute atomic E-state index is 0.110. The van der Waals surface area contributed by atoms with E-state index in [1.807, 2.05) is 7.05 Å². The number of nitrogens with zero attached hydrogens (tertiary/aromatic N) is 1. The van der Waals surface area contributed by atoms with Crippen molar-refractivity contribution >= 4 is 16.5 Å². The Balaban J connectivity index is 2.03. The SMILES string of the molecule is CN1CCOC(CS(=O)c2ccc(N)cc2F)C1. The van der Waals surface area contributed by atoms with Gasteiger partial charge in [-0.05, 0) is 25.2 Å². The van der Waals surface area contributed by atoms with Crippen molar-refractivity contribution in [1.29, 1.82) is 0 Å². The fourth-order valence-corrected chi connectivity index (χ4v) is 3.14. The maximum absolute atomic E-state index is 13.6. The Morgan fingerprint density at radius 2 is 2.39 bits per heavy atom. The first-order valence-corrected chi connectivity index (χ1v) is 7.11. The van der Waals surface area contributed by atoms with Crippen molar-refractivity contribution in [2.24, 2.45) is 0 Å². The standard InChI is InChI=1S/C12H17FN2O2S/c1-15-4-5-17-10(7-15)8-18(16)12-3-2-9(14)6-11(12)13/h2-3,6,10H,4-5,7-8,14H2,1H3. The molecule has 0 saturated carbocycles. The van der Waals surface area contributed by atoms with E-state index in [0.29, 0.717) is 18.0 Å². The van der Waals surface area contributed by atoms with Crippen LogP contribution in [0.4, 0.5) is 10.1 Å². The highest BCUT2D eigenvalue weighted by atomic mass is 32.2. The molecule has 2 rings (SSSR count). The predicted octanol–water partition coefficient (Wildman–Crippen LogP) is 0.846. The van der Waals surface area contributed by atoms with Crippen molar-refractivity contribution in [2.75, 3.05) is 38.2 Å². The maximum atomic E-state index is 13.6. The molecule has 1 saturated heterocycles. The van der Waals surface area contributed by atoms with E-state index >= 15 is 0 Å². The smallest absolute Gasteiger partial charge is 0.141 e. The lowest BCUT2D eigenvalue weighted by molar-refractivity contribution is -0.00641. The number of morpholine rings is 1. The van der Waals surface area contributed by atoms with Crippen LogP contribution in [-0.4, -0.2) is 47.7 Å². The van der Waals surface area contributed by atoms with Gasteiger partial charge in [-0.1, -0.05) is 0 Å². The number of halogens is 1. The molecule has 6 heteroatoms. The van der Waals surface area contributed by atoms with E-state index in [1.54, 1.807) is 6.07 Å². The average Bonchev–Trinajstić information content (AvgIpc) is 2.28. The Hall–Kier alpha value is -0.980. The summed E-state index contributed by atoms with van der Waals surface area (Å²) in [5.74, 6) is -0.206. The molecule has 18 heavy (non-hydrogen) atoms. The molecule has 0 spiro atoms. The van der Waals surface area contributed by atoms with Crippen LogP contribution in [0.15, 0.2) is 23.1 Å².